The lowest BCUT2D eigenvalue weighted by atomic mass is 9.87. The number of hydrogen-bond acceptors (Lipinski definition) is 6. The van der Waals surface area contributed by atoms with Crippen LogP contribution in [0.25, 0.3) is 10.9 Å². The van der Waals surface area contributed by atoms with Gasteiger partial charge in [-0.05, 0) is 36.3 Å². The minimum absolute atomic E-state index is 0.0599. The van der Waals surface area contributed by atoms with Crippen molar-refractivity contribution in [1.82, 2.24) is 14.9 Å². The Kier molecular flexibility index (Phi) is 8.91. The first kappa shape index (κ1) is 27.2. The molecule has 10 heteroatoms. The Morgan fingerprint density at radius 1 is 1.16 bits per heavy atom. The molecule has 1 fully saturated rings. The molecule has 0 saturated carbocycles. The number of carbonyl (C=O) groups is 1. The molecule has 1 atom stereocenters. The van der Waals surface area contributed by atoms with Crippen molar-refractivity contribution in [2.75, 3.05) is 44.2 Å². The highest BCUT2D eigenvalue weighted by Gasteiger charge is 2.29. The number of halogens is 3. The molecule has 0 radical (unpaired) electrons. The van der Waals surface area contributed by atoms with Crippen LogP contribution in [0.15, 0.2) is 41.1 Å². The van der Waals surface area contributed by atoms with Gasteiger partial charge in [-0.25, -0.2) is 4.98 Å². The second kappa shape index (κ2) is 12.1. The number of nitrogens with zero attached hydrogens (tertiary/aromatic N) is 3. The summed E-state index contributed by atoms with van der Waals surface area (Å²) in [4.78, 5) is 24.6. The number of ketones is 1. The van der Waals surface area contributed by atoms with Crippen molar-refractivity contribution in [2.24, 2.45) is 11.8 Å². The summed E-state index contributed by atoms with van der Waals surface area (Å²) in [6, 6.07) is 8.57. The van der Waals surface area contributed by atoms with Crippen LogP contribution in [-0.4, -0.2) is 66.3 Å². The first-order chi connectivity index (χ1) is 17.7. The van der Waals surface area contributed by atoms with E-state index in [2.05, 4.69) is 40.7 Å². The fourth-order valence-corrected chi connectivity index (χ4v) is 4.81. The summed E-state index contributed by atoms with van der Waals surface area (Å²) >= 11 is 0. The normalized spacial score (nSPS) is 16.1. The number of Topliss-reactive ketones (excluding diaryl/α,β-unsaturated/α-hetero) is 1. The van der Waals surface area contributed by atoms with Crippen LogP contribution >= 0.6 is 0 Å². The van der Waals surface area contributed by atoms with Crippen LogP contribution in [0, 0.1) is 11.8 Å². The largest absolute Gasteiger partial charge is 0.522 e. The van der Waals surface area contributed by atoms with Gasteiger partial charge in [0.2, 0.25) is 0 Å². The maximum Gasteiger partial charge on any atom is 0.522 e. The molecule has 2 aromatic heterocycles. The Balaban J connectivity index is 1.33. The summed E-state index contributed by atoms with van der Waals surface area (Å²) in [5, 5.41) is 1.19. The van der Waals surface area contributed by atoms with Crippen molar-refractivity contribution in [3.63, 3.8) is 0 Å². The molecule has 0 spiro atoms. The fourth-order valence-electron chi connectivity index (χ4n) is 4.81. The fraction of sp³-hybridized carbons (Fsp3) is 0.556. The number of para-hydroxylation sites is 1. The van der Waals surface area contributed by atoms with Crippen molar-refractivity contribution in [2.45, 2.75) is 45.9 Å². The van der Waals surface area contributed by atoms with E-state index in [9.17, 15) is 18.0 Å². The number of anilines is 1. The zero-order valence-electron chi connectivity index (χ0n) is 21.4. The molecule has 3 heterocycles. The number of fused-ring (bicyclic) bond motifs is 1. The molecule has 1 aliphatic rings. The topological polar surface area (TPSA) is 74.6 Å². The molecule has 7 nitrogen and oxygen atoms in total. The SMILES string of the molecule is CC(C)CCC(CC(=O)c1cnc(N2CCN(CCOC(F)(F)F)CC2)o1)Cc1c[nH]c2ccccc12. The Morgan fingerprint density at radius 2 is 1.92 bits per heavy atom. The molecule has 1 saturated heterocycles. The molecule has 1 aliphatic heterocycles. The highest BCUT2D eigenvalue weighted by atomic mass is 19.4. The number of nitrogens with one attached hydrogen (secondary N) is 1. The molecule has 1 N–H and O–H groups in total. The number of benzene rings is 1. The average Bonchev–Trinajstić information content (AvgIpc) is 3.50. The van der Waals surface area contributed by atoms with Gasteiger partial charge in [-0.15, -0.1) is 13.2 Å². The molecular weight excluding hydrogens is 485 g/mol. The number of oxazole rings is 1. The zero-order valence-corrected chi connectivity index (χ0v) is 21.4. The summed E-state index contributed by atoms with van der Waals surface area (Å²) in [7, 11) is 0. The molecule has 4 rings (SSSR count). The lowest BCUT2D eigenvalue weighted by Crippen LogP contribution is -2.47. The predicted molar refractivity (Wildman–Crippen MR) is 136 cm³/mol. The lowest BCUT2D eigenvalue weighted by molar-refractivity contribution is -0.325. The molecular formula is C27H35F3N4O3. The molecule has 0 amide bonds. The average molecular weight is 521 g/mol. The first-order valence-corrected chi connectivity index (χ1v) is 12.9. The molecule has 3 aromatic rings. The van der Waals surface area contributed by atoms with Gasteiger partial charge in [0, 0.05) is 56.2 Å². The van der Waals surface area contributed by atoms with E-state index in [1.165, 1.54) is 17.1 Å². The van der Waals surface area contributed by atoms with Crippen molar-refractivity contribution in [1.29, 1.82) is 0 Å². The molecule has 37 heavy (non-hydrogen) atoms. The third-order valence-electron chi connectivity index (χ3n) is 6.89. The summed E-state index contributed by atoms with van der Waals surface area (Å²) in [6.45, 7) is 6.43. The van der Waals surface area contributed by atoms with Gasteiger partial charge in [-0.2, -0.15) is 0 Å². The van der Waals surface area contributed by atoms with Crippen LogP contribution in [0.1, 0.15) is 49.2 Å². The van der Waals surface area contributed by atoms with E-state index in [4.69, 9.17) is 4.42 Å². The summed E-state index contributed by atoms with van der Waals surface area (Å²) in [5.41, 5.74) is 2.31. The number of aromatic nitrogens is 2. The van der Waals surface area contributed by atoms with Gasteiger partial charge in [0.1, 0.15) is 0 Å². The molecule has 202 valence electrons. The summed E-state index contributed by atoms with van der Waals surface area (Å²) < 4.78 is 46.2. The highest BCUT2D eigenvalue weighted by Crippen LogP contribution is 2.27. The van der Waals surface area contributed by atoms with E-state index < -0.39 is 13.0 Å². The van der Waals surface area contributed by atoms with Crippen molar-refractivity contribution in [3.8, 4) is 0 Å². The number of piperazine rings is 1. The Morgan fingerprint density at radius 3 is 2.65 bits per heavy atom. The Labute approximate surface area is 215 Å². The number of rotatable bonds is 12. The zero-order chi connectivity index (χ0) is 26.4. The number of ether oxygens (including phenoxy) is 1. The number of aromatic amines is 1. The van der Waals surface area contributed by atoms with Crippen LogP contribution in [-0.2, 0) is 11.2 Å². The van der Waals surface area contributed by atoms with Gasteiger partial charge < -0.3 is 14.3 Å². The molecule has 1 unspecified atom stereocenters. The maximum atomic E-state index is 13.2. The summed E-state index contributed by atoms with van der Waals surface area (Å²) in [6.07, 6.45) is 2.11. The standard InChI is InChI=1S/C27H35F3N4O3/c1-19(2)7-8-20(15-21-17-31-23-6-4-3-5-22(21)23)16-24(35)25-18-32-26(37-25)34-11-9-33(10-12-34)13-14-36-27(28,29)30/h3-6,17-20,31H,7-16H2,1-2H3. The second-order valence-corrected chi connectivity index (χ2v) is 10.2. The molecule has 1 aromatic carbocycles. The van der Waals surface area contributed by atoms with Crippen LogP contribution in [0.2, 0.25) is 0 Å². The minimum Gasteiger partial charge on any atom is -0.420 e. The molecule has 0 bridgehead atoms. The number of alkyl halides is 3. The lowest BCUT2D eigenvalue weighted by Gasteiger charge is -2.33. The monoisotopic (exact) mass is 520 g/mol. The van der Waals surface area contributed by atoms with Crippen molar-refractivity contribution in [3.05, 3.63) is 48.0 Å². The third kappa shape index (κ3) is 7.82. The molecule has 0 aliphatic carbocycles. The number of carbonyl (C=O) groups excluding carboxylic acids is 1. The van der Waals surface area contributed by atoms with Crippen LogP contribution in [0.3, 0.4) is 0 Å². The van der Waals surface area contributed by atoms with Crippen molar-refractivity contribution < 1.29 is 27.1 Å². The minimum atomic E-state index is -4.61. The second-order valence-electron chi connectivity index (χ2n) is 10.2. The van der Waals surface area contributed by atoms with E-state index in [0.29, 0.717) is 44.5 Å². The predicted octanol–water partition coefficient (Wildman–Crippen LogP) is 5.68. The van der Waals surface area contributed by atoms with Gasteiger partial charge in [0.15, 0.2) is 11.5 Å². The van der Waals surface area contributed by atoms with Crippen LogP contribution in [0.5, 0.6) is 0 Å². The van der Waals surface area contributed by atoms with Gasteiger partial charge in [-0.3, -0.25) is 14.4 Å². The van der Waals surface area contributed by atoms with Gasteiger partial charge in [0.05, 0.1) is 12.8 Å². The maximum absolute atomic E-state index is 13.2. The van der Waals surface area contributed by atoms with E-state index in [1.807, 2.05) is 28.1 Å². The Hall–Kier alpha value is -2.85. The van der Waals surface area contributed by atoms with E-state index in [-0.39, 0.29) is 24.0 Å². The number of H-pyrrole nitrogens is 1. The van der Waals surface area contributed by atoms with Gasteiger partial charge in [-0.1, -0.05) is 38.5 Å². The van der Waals surface area contributed by atoms with Crippen molar-refractivity contribution >= 4 is 22.7 Å². The number of hydrogen-bond donors (Lipinski definition) is 1. The Bertz CT molecular complexity index is 1150. The smallest absolute Gasteiger partial charge is 0.420 e. The van der Waals surface area contributed by atoms with Crippen LogP contribution in [0.4, 0.5) is 19.2 Å². The van der Waals surface area contributed by atoms with E-state index >= 15 is 0 Å². The van der Waals surface area contributed by atoms with Crippen LogP contribution < -0.4 is 4.90 Å². The third-order valence-corrected chi connectivity index (χ3v) is 6.89. The summed E-state index contributed by atoms with van der Waals surface area (Å²) in [5.74, 6) is 0.932. The van der Waals surface area contributed by atoms with E-state index in [0.717, 1.165) is 24.8 Å². The van der Waals surface area contributed by atoms with Gasteiger partial charge >= 0.3 is 6.36 Å². The highest BCUT2D eigenvalue weighted by molar-refractivity contribution is 5.93. The first-order valence-electron chi connectivity index (χ1n) is 12.9. The van der Waals surface area contributed by atoms with Gasteiger partial charge in [0.25, 0.3) is 6.01 Å². The quantitative estimate of drug-likeness (QED) is 0.310. The van der Waals surface area contributed by atoms with E-state index in [1.54, 1.807) is 0 Å².